The minimum atomic E-state index is -0.0829. The van der Waals surface area contributed by atoms with E-state index in [4.69, 9.17) is 19.7 Å². The molecule has 3 aromatic heterocycles. The van der Waals surface area contributed by atoms with E-state index in [1.165, 1.54) is 0 Å². The van der Waals surface area contributed by atoms with E-state index in [1.807, 2.05) is 61.7 Å². The Labute approximate surface area is 205 Å². The summed E-state index contributed by atoms with van der Waals surface area (Å²) in [5.74, 6) is 0.747. The number of fused-ring (bicyclic) bond motifs is 4. The molecule has 8 heteroatoms. The standard InChI is InChI=1S/C26H26BrN5O2/c1-4-21-30-24-22(26(33)31(21)13-8-14-34-5-2)23-25(29-20-10-7-6-9-19(20)28-23)32(24)17-11-12-18(27)16(3)15-17/h6-7,9-12,15H,4-5,8,13-14H2,1-3H3. The molecular weight excluding hydrogens is 494 g/mol. The highest BCUT2D eigenvalue weighted by molar-refractivity contribution is 9.10. The molecule has 34 heavy (non-hydrogen) atoms. The van der Waals surface area contributed by atoms with Gasteiger partial charge in [-0.25, -0.2) is 15.0 Å². The van der Waals surface area contributed by atoms with Crippen LogP contribution in [0.3, 0.4) is 0 Å². The molecule has 0 saturated carbocycles. The number of nitrogens with zero attached hydrogens (tertiary/aromatic N) is 5. The number of aryl methyl sites for hydroxylation is 2. The van der Waals surface area contributed by atoms with Crippen molar-refractivity contribution in [3.05, 3.63) is 68.7 Å². The van der Waals surface area contributed by atoms with Crippen LogP contribution in [0.4, 0.5) is 0 Å². The normalized spacial score (nSPS) is 11.8. The second-order valence-corrected chi connectivity index (χ2v) is 9.10. The van der Waals surface area contributed by atoms with Crippen LogP contribution < -0.4 is 5.56 Å². The van der Waals surface area contributed by atoms with Crippen molar-refractivity contribution in [2.24, 2.45) is 0 Å². The van der Waals surface area contributed by atoms with Gasteiger partial charge >= 0.3 is 0 Å². The lowest BCUT2D eigenvalue weighted by molar-refractivity contribution is 0.141. The summed E-state index contributed by atoms with van der Waals surface area (Å²) in [6.07, 6.45) is 1.39. The lowest BCUT2D eigenvalue weighted by atomic mass is 10.2. The van der Waals surface area contributed by atoms with E-state index in [0.717, 1.165) is 39.0 Å². The van der Waals surface area contributed by atoms with Crippen molar-refractivity contribution in [3.63, 3.8) is 0 Å². The van der Waals surface area contributed by atoms with E-state index < -0.39 is 0 Å². The number of benzene rings is 2. The summed E-state index contributed by atoms with van der Waals surface area (Å²) in [7, 11) is 0. The molecule has 0 amide bonds. The lowest BCUT2D eigenvalue weighted by Gasteiger charge is -2.13. The smallest absolute Gasteiger partial charge is 0.265 e. The summed E-state index contributed by atoms with van der Waals surface area (Å²) < 4.78 is 10.3. The van der Waals surface area contributed by atoms with E-state index in [-0.39, 0.29) is 5.56 Å². The molecule has 0 bridgehead atoms. The number of halogens is 1. The predicted octanol–water partition coefficient (Wildman–Crippen LogP) is 5.34. The Kier molecular flexibility index (Phi) is 6.18. The van der Waals surface area contributed by atoms with Gasteiger partial charge < -0.3 is 4.74 Å². The van der Waals surface area contributed by atoms with Gasteiger partial charge in [0.15, 0.2) is 11.3 Å². The monoisotopic (exact) mass is 519 g/mol. The van der Waals surface area contributed by atoms with Gasteiger partial charge in [0.05, 0.1) is 11.0 Å². The zero-order chi connectivity index (χ0) is 23.8. The molecule has 0 atom stereocenters. The highest BCUT2D eigenvalue weighted by Crippen LogP contribution is 2.30. The maximum Gasteiger partial charge on any atom is 0.265 e. The molecule has 174 valence electrons. The summed E-state index contributed by atoms with van der Waals surface area (Å²) in [5.41, 5.74) is 5.23. The molecule has 0 aliphatic heterocycles. The average Bonchev–Trinajstić information content (AvgIpc) is 3.16. The Balaban J connectivity index is 1.86. The Hall–Kier alpha value is -3.10. The third-order valence-corrected chi connectivity index (χ3v) is 6.92. The van der Waals surface area contributed by atoms with Gasteiger partial charge in [0.1, 0.15) is 16.7 Å². The van der Waals surface area contributed by atoms with Gasteiger partial charge in [0.25, 0.3) is 5.56 Å². The molecule has 7 nitrogen and oxygen atoms in total. The summed E-state index contributed by atoms with van der Waals surface area (Å²) >= 11 is 3.59. The number of hydrogen-bond acceptors (Lipinski definition) is 5. The summed E-state index contributed by atoms with van der Waals surface area (Å²) in [5, 5.41) is 0.502. The van der Waals surface area contributed by atoms with Gasteiger partial charge in [-0.1, -0.05) is 35.0 Å². The van der Waals surface area contributed by atoms with Crippen molar-refractivity contribution >= 4 is 49.2 Å². The average molecular weight is 520 g/mol. The van der Waals surface area contributed by atoms with Crippen molar-refractivity contribution in [1.82, 2.24) is 24.1 Å². The largest absolute Gasteiger partial charge is 0.382 e. The van der Waals surface area contributed by atoms with E-state index in [9.17, 15) is 4.79 Å². The molecule has 0 aliphatic carbocycles. The number of hydrogen-bond donors (Lipinski definition) is 0. The Morgan fingerprint density at radius 2 is 1.76 bits per heavy atom. The first-order valence-corrected chi connectivity index (χ1v) is 12.4. The molecule has 5 aromatic rings. The van der Waals surface area contributed by atoms with Gasteiger partial charge in [0.2, 0.25) is 0 Å². The summed E-state index contributed by atoms with van der Waals surface area (Å²) in [6.45, 7) is 7.85. The van der Waals surface area contributed by atoms with Crippen LogP contribution >= 0.6 is 15.9 Å². The molecule has 2 aromatic carbocycles. The molecule has 0 aliphatic rings. The Bertz CT molecular complexity index is 1590. The first kappa shape index (κ1) is 22.7. The molecule has 0 unspecified atom stereocenters. The van der Waals surface area contributed by atoms with Crippen molar-refractivity contribution in [3.8, 4) is 5.69 Å². The number of rotatable bonds is 7. The highest BCUT2D eigenvalue weighted by Gasteiger charge is 2.22. The van der Waals surface area contributed by atoms with E-state index in [2.05, 4.69) is 22.0 Å². The zero-order valence-corrected chi connectivity index (χ0v) is 21.1. The number of para-hydroxylation sites is 2. The SMILES string of the molecule is CCOCCCn1c(CC)nc2c(c1=O)c1nc3ccccc3nc1n2-c1ccc(Br)c(C)c1. The molecule has 0 fully saturated rings. The first-order valence-electron chi connectivity index (χ1n) is 11.6. The van der Waals surface area contributed by atoms with Gasteiger partial charge in [-0.3, -0.25) is 13.9 Å². The van der Waals surface area contributed by atoms with E-state index in [1.54, 1.807) is 4.57 Å². The van der Waals surface area contributed by atoms with Crippen LogP contribution in [-0.4, -0.2) is 37.3 Å². The quantitative estimate of drug-likeness (QED) is 0.271. The van der Waals surface area contributed by atoms with Crippen LogP contribution in [0.25, 0.3) is 38.9 Å². The van der Waals surface area contributed by atoms with Crippen molar-refractivity contribution in [1.29, 1.82) is 0 Å². The zero-order valence-electron chi connectivity index (χ0n) is 19.5. The summed E-state index contributed by atoms with van der Waals surface area (Å²) in [6, 6.07) is 13.8. The van der Waals surface area contributed by atoms with Crippen LogP contribution in [-0.2, 0) is 17.7 Å². The first-order chi connectivity index (χ1) is 16.5. The van der Waals surface area contributed by atoms with Crippen LogP contribution in [0, 0.1) is 6.92 Å². The molecule has 3 heterocycles. The fraction of sp³-hybridized carbons (Fsp3) is 0.308. The van der Waals surface area contributed by atoms with E-state index in [0.29, 0.717) is 48.4 Å². The topological polar surface area (TPSA) is 74.8 Å². The fourth-order valence-corrected chi connectivity index (χ4v) is 4.60. The van der Waals surface area contributed by atoms with Crippen molar-refractivity contribution < 1.29 is 4.74 Å². The highest BCUT2D eigenvalue weighted by atomic mass is 79.9. The van der Waals surface area contributed by atoms with Crippen LogP contribution in [0.15, 0.2) is 51.7 Å². The lowest BCUT2D eigenvalue weighted by Crippen LogP contribution is -2.26. The third kappa shape index (κ3) is 3.80. The summed E-state index contributed by atoms with van der Waals surface area (Å²) in [4.78, 5) is 28.7. The molecule has 0 radical (unpaired) electrons. The Morgan fingerprint density at radius 3 is 2.47 bits per heavy atom. The third-order valence-electron chi connectivity index (χ3n) is 6.03. The van der Waals surface area contributed by atoms with Crippen molar-refractivity contribution in [2.45, 2.75) is 40.2 Å². The maximum absolute atomic E-state index is 13.9. The molecule has 0 spiro atoms. The molecular formula is C26H26BrN5O2. The van der Waals surface area contributed by atoms with Crippen molar-refractivity contribution in [2.75, 3.05) is 13.2 Å². The molecule has 0 saturated heterocycles. The molecule has 5 rings (SSSR count). The second kappa shape index (κ2) is 9.27. The minimum Gasteiger partial charge on any atom is -0.382 e. The van der Waals surface area contributed by atoms with E-state index >= 15 is 0 Å². The van der Waals surface area contributed by atoms with Gasteiger partial charge in [-0.05, 0) is 56.2 Å². The molecule has 0 N–H and O–H groups in total. The number of aromatic nitrogens is 5. The number of ether oxygens (including phenoxy) is 1. The van der Waals surface area contributed by atoms with Crippen LogP contribution in [0.2, 0.25) is 0 Å². The predicted molar refractivity (Wildman–Crippen MR) is 139 cm³/mol. The van der Waals surface area contributed by atoms with Crippen LogP contribution in [0.1, 0.15) is 31.7 Å². The Morgan fingerprint density at radius 1 is 1.00 bits per heavy atom. The van der Waals surface area contributed by atoms with Gasteiger partial charge in [-0.2, -0.15) is 0 Å². The van der Waals surface area contributed by atoms with Gasteiger partial charge in [0, 0.05) is 36.3 Å². The maximum atomic E-state index is 13.9. The fourth-order valence-electron chi connectivity index (χ4n) is 4.35. The van der Waals surface area contributed by atoms with Gasteiger partial charge in [-0.15, -0.1) is 0 Å². The second-order valence-electron chi connectivity index (χ2n) is 8.24. The minimum absolute atomic E-state index is 0.0829. The van der Waals surface area contributed by atoms with Crippen LogP contribution in [0.5, 0.6) is 0 Å².